The predicted octanol–water partition coefficient (Wildman–Crippen LogP) is 1.51. The van der Waals surface area contributed by atoms with E-state index in [9.17, 15) is 8.42 Å². The Labute approximate surface area is 96.3 Å². The number of hydrogen-bond donors (Lipinski definition) is 1. The van der Waals surface area contributed by atoms with E-state index in [2.05, 4.69) is 5.32 Å². The molecule has 0 saturated heterocycles. The second-order valence-electron chi connectivity index (χ2n) is 4.20. The molecule has 88 valence electrons. The molecule has 0 atom stereocenters. The SMILES string of the molecule is CN(C)S(=O)(=O)c1ccccc1NC1CC1. The summed E-state index contributed by atoms with van der Waals surface area (Å²) in [5.41, 5.74) is 0.707. The average Bonchev–Trinajstić information content (AvgIpc) is 3.02. The predicted molar refractivity (Wildman–Crippen MR) is 64.0 cm³/mol. The Hall–Kier alpha value is -1.07. The van der Waals surface area contributed by atoms with E-state index in [1.54, 1.807) is 26.2 Å². The van der Waals surface area contributed by atoms with Gasteiger partial charge in [0.05, 0.1) is 5.69 Å². The van der Waals surface area contributed by atoms with E-state index in [4.69, 9.17) is 0 Å². The lowest BCUT2D eigenvalue weighted by molar-refractivity contribution is 0.521. The fraction of sp³-hybridized carbons (Fsp3) is 0.455. The van der Waals surface area contributed by atoms with E-state index in [0.29, 0.717) is 16.6 Å². The Balaban J connectivity index is 2.39. The molecule has 0 amide bonds. The number of nitrogens with one attached hydrogen (secondary N) is 1. The normalized spacial score (nSPS) is 16.4. The molecule has 0 bridgehead atoms. The summed E-state index contributed by atoms with van der Waals surface area (Å²) in [6.07, 6.45) is 2.24. The van der Waals surface area contributed by atoms with Gasteiger partial charge in [0.15, 0.2) is 0 Å². The molecule has 1 fully saturated rings. The van der Waals surface area contributed by atoms with Crippen LogP contribution < -0.4 is 5.32 Å². The van der Waals surface area contributed by atoms with Crippen molar-refractivity contribution in [2.24, 2.45) is 0 Å². The quantitative estimate of drug-likeness (QED) is 0.868. The maximum absolute atomic E-state index is 12.0. The first-order valence-corrected chi connectivity index (χ1v) is 6.74. The van der Waals surface area contributed by atoms with Gasteiger partial charge < -0.3 is 5.32 Å². The summed E-state index contributed by atoms with van der Waals surface area (Å²) in [4.78, 5) is 0.354. The molecular weight excluding hydrogens is 224 g/mol. The molecule has 2 rings (SSSR count). The molecule has 5 heteroatoms. The molecule has 0 aliphatic heterocycles. The monoisotopic (exact) mass is 240 g/mol. The topological polar surface area (TPSA) is 49.4 Å². The van der Waals surface area contributed by atoms with Gasteiger partial charge in [-0.2, -0.15) is 0 Å². The van der Waals surface area contributed by atoms with Crippen LogP contribution in [0.3, 0.4) is 0 Å². The average molecular weight is 240 g/mol. The van der Waals surface area contributed by atoms with Crippen molar-refractivity contribution in [2.75, 3.05) is 19.4 Å². The van der Waals surface area contributed by atoms with E-state index in [1.807, 2.05) is 12.1 Å². The number of anilines is 1. The van der Waals surface area contributed by atoms with Gasteiger partial charge in [0.25, 0.3) is 0 Å². The van der Waals surface area contributed by atoms with Crippen LogP contribution in [-0.2, 0) is 10.0 Å². The molecule has 0 spiro atoms. The summed E-state index contributed by atoms with van der Waals surface area (Å²) in [5, 5.41) is 3.24. The molecule has 1 saturated carbocycles. The standard InChI is InChI=1S/C11H16N2O2S/c1-13(2)16(14,15)11-6-4-3-5-10(11)12-9-7-8-9/h3-6,9,12H,7-8H2,1-2H3. The number of nitrogens with zero attached hydrogens (tertiary/aromatic N) is 1. The molecule has 1 aliphatic carbocycles. The number of sulfonamides is 1. The smallest absolute Gasteiger partial charge is 0.244 e. The van der Waals surface area contributed by atoms with Crippen molar-refractivity contribution in [3.05, 3.63) is 24.3 Å². The summed E-state index contributed by atoms with van der Waals surface area (Å²) in [5.74, 6) is 0. The molecule has 1 aliphatic rings. The van der Waals surface area contributed by atoms with Crippen molar-refractivity contribution in [3.8, 4) is 0 Å². The number of hydrogen-bond acceptors (Lipinski definition) is 3. The molecule has 0 heterocycles. The van der Waals surface area contributed by atoms with Crippen LogP contribution in [0.4, 0.5) is 5.69 Å². The second-order valence-corrected chi connectivity index (χ2v) is 6.32. The van der Waals surface area contributed by atoms with Gasteiger partial charge in [-0.15, -0.1) is 0 Å². The van der Waals surface area contributed by atoms with Gasteiger partial charge in [-0.1, -0.05) is 12.1 Å². The first kappa shape index (κ1) is 11.4. The van der Waals surface area contributed by atoms with Gasteiger partial charge in [-0.05, 0) is 25.0 Å². The molecule has 0 radical (unpaired) electrons. The summed E-state index contributed by atoms with van der Waals surface area (Å²) in [6, 6.07) is 7.49. The summed E-state index contributed by atoms with van der Waals surface area (Å²) in [6.45, 7) is 0. The van der Waals surface area contributed by atoms with E-state index in [0.717, 1.165) is 12.8 Å². The Kier molecular flexibility index (Phi) is 2.90. The first-order chi connectivity index (χ1) is 7.51. The molecule has 0 aromatic heterocycles. The Morgan fingerprint density at radius 3 is 2.44 bits per heavy atom. The molecule has 0 unspecified atom stereocenters. The highest BCUT2D eigenvalue weighted by atomic mass is 32.2. The Morgan fingerprint density at radius 2 is 1.88 bits per heavy atom. The Morgan fingerprint density at radius 1 is 1.25 bits per heavy atom. The lowest BCUT2D eigenvalue weighted by Crippen LogP contribution is -2.23. The number of para-hydroxylation sites is 1. The van der Waals surface area contributed by atoms with Crippen molar-refractivity contribution in [2.45, 2.75) is 23.8 Å². The Bertz CT molecular complexity index is 479. The van der Waals surface area contributed by atoms with E-state index < -0.39 is 10.0 Å². The molecule has 1 aromatic rings. The van der Waals surface area contributed by atoms with Crippen molar-refractivity contribution < 1.29 is 8.42 Å². The number of rotatable bonds is 4. The molecule has 16 heavy (non-hydrogen) atoms. The molecule has 4 nitrogen and oxygen atoms in total. The van der Waals surface area contributed by atoms with E-state index in [1.165, 1.54) is 4.31 Å². The molecular formula is C11H16N2O2S. The minimum Gasteiger partial charge on any atom is -0.381 e. The van der Waals surface area contributed by atoms with Gasteiger partial charge >= 0.3 is 0 Å². The van der Waals surface area contributed by atoms with Crippen LogP contribution in [0.5, 0.6) is 0 Å². The van der Waals surface area contributed by atoms with Crippen LogP contribution in [0, 0.1) is 0 Å². The third kappa shape index (κ3) is 2.20. The van der Waals surface area contributed by atoms with Crippen molar-refractivity contribution in [3.63, 3.8) is 0 Å². The second kappa shape index (κ2) is 4.07. The highest BCUT2D eigenvalue weighted by Gasteiger charge is 2.25. The van der Waals surface area contributed by atoms with Crippen molar-refractivity contribution >= 4 is 15.7 Å². The molecule has 1 aromatic carbocycles. The zero-order valence-corrected chi connectivity index (χ0v) is 10.3. The number of benzene rings is 1. The van der Waals surface area contributed by atoms with Gasteiger partial charge in [0.1, 0.15) is 4.90 Å². The van der Waals surface area contributed by atoms with Gasteiger partial charge in [0, 0.05) is 20.1 Å². The summed E-state index contributed by atoms with van der Waals surface area (Å²) in [7, 11) is -0.265. The van der Waals surface area contributed by atoms with Gasteiger partial charge in [0.2, 0.25) is 10.0 Å². The largest absolute Gasteiger partial charge is 0.381 e. The van der Waals surface area contributed by atoms with Crippen molar-refractivity contribution in [1.29, 1.82) is 0 Å². The summed E-state index contributed by atoms with van der Waals surface area (Å²) < 4.78 is 25.3. The zero-order valence-electron chi connectivity index (χ0n) is 9.47. The van der Waals surface area contributed by atoms with Crippen LogP contribution in [0.1, 0.15) is 12.8 Å². The van der Waals surface area contributed by atoms with E-state index >= 15 is 0 Å². The van der Waals surface area contributed by atoms with Crippen LogP contribution >= 0.6 is 0 Å². The lowest BCUT2D eigenvalue weighted by Gasteiger charge is -2.15. The summed E-state index contributed by atoms with van der Waals surface area (Å²) >= 11 is 0. The fourth-order valence-electron chi connectivity index (χ4n) is 1.46. The minimum atomic E-state index is -3.35. The minimum absolute atomic E-state index is 0.354. The lowest BCUT2D eigenvalue weighted by atomic mass is 10.3. The van der Waals surface area contributed by atoms with Crippen LogP contribution in [-0.4, -0.2) is 32.9 Å². The van der Waals surface area contributed by atoms with Gasteiger partial charge in [-0.25, -0.2) is 12.7 Å². The molecule has 1 N–H and O–H groups in total. The maximum Gasteiger partial charge on any atom is 0.244 e. The maximum atomic E-state index is 12.0. The van der Waals surface area contributed by atoms with Crippen LogP contribution in [0.2, 0.25) is 0 Å². The highest BCUT2D eigenvalue weighted by molar-refractivity contribution is 7.89. The third-order valence-corrected chi connectivity index (χ3v) is 4.46. The zero-order chi connectivity index (χ0) is 11.8. The van der Waals surface area contributed by atoms with Gasteiger partial charge in [-0.3, -0.25) is 0 Å². The van der Waals surface area contributed by atoms with E-state index in [-0.39, 0.29) is 0 Å². The fourth-order valence-corrected chi connectivity index (χ4v) is 2.50. The van der Waals surface area contributed by atoms with Crippen LogP contribution in [0.25, 0.3) is 0 Å². The third-order valence-electron chi connectivity index (χ3n) is 2.58. The highest BCUT2D eigenvalue weighted by Crippen LogP contribution is 2.29. The first-order valence-electron chi connectivity index (χ1n) is 5.30. The van der Waals surface area contributed by atoms with Crippen molar-refractivity contribution in [1.82, 2.24) is 4.31 Å². The van der Waals surface area contributed by atoms with Crippen LogP contribution in [0.15, 0.2) is 29.2 Å².